The van der Waals surface area contributed by atoms with Gasteiger partial charge in [-0.3, -0.25) is 9.10 Å². The van der Waals surface area contributed by atoms with Crippen LogP contribution in [-0.2, 0) is 14.8 Å². The van der Waals surface area contributed by atoms with Gasteiger partial charge in [0.15, 0.2) is 23.0 Å². The number of nitrogens with one attached hydrogen (secondary N) is 1. The zero-order valence-electron chi connectivity index (χ0n) is 20.8. The molecule has 1 unspecified atom stereocenters. The lowest BCUT2D eigenvalue weighted by Gasteiger charge is -2.26. The number of hydrogen-bond donors (Lipinski definition) is 1. The Labute approximate surface area is 211 Å². The fourth-order valence-electron chi connectivity index (χ4n) is 3.64. The van der Waals surface area contributed by atoms with Crippen LogP contribution in [0.2, 0.25) is 0 Å². The summed E-state index contributed by atoms with van der Waals surface area (Å²) in [7, 11) is 1.93. The van der Waals surface area contributed by atoms with Crippen molar-refractivity contribution in [1.82, 2.24) is 5.32 Å². The van der Waals surface area contributed by atoms with Gasteiger partial charge in [-0.2, -0.15) is 0 Å². The summed E-state index contributed by atoms with van der Waals surface area (Å²) in [4.78, 5) is 13.2. The fraction of sp³-hybridized carbons (Fsp3) is 0.269. The Morgan fingerprint density at radius 1 is 0.806 bits per heavy atom. The second kappa shape index (κ2) is 11.7. The Morgan fingerprint density at radius 2 is 1.36 bits per heavy atom. The quantitative estimate of drug-likeness (QED) is 0.415. The van der Waals surface area contributed by atoms with Crippen molar-refractivity contribution in [2.75, 3.05) is 39.3 Å². The second-order valence-corrected chi connectivity index (χ2v) is 9.63. The van der Waals surface area contributed by atoms with Gasteiger partial charge in [-0.1, -0.05) is 24.3 Å². The maximum atomic E-state index is 13.6. The Balaban J connectivity index is 1.92. The molecule has 0 bridgehead atoms. The molecule has 0 aromatic heterocycles. The number of anilines is 1. The Morgan fingerprint density at radius 3 is 1.94 bits per heavy atom. The van der Waals surface area contributed by atoms with Crippen LogP contribution >= 0.6 is 0 Å². The summed E-state index contributed by atoms with van der Waals surface area (Å²) in [6.45, 7) is 1.34. The van der Waals surface area contributed by atoms with E-state index in [1.807, 2.05) is 0 Å². The number of hydrogen-bond acceptors (Lipinski definition) is 7. The molecule has 0 spiro atoms. The Hall–Kier alpha value is -3.92. The van der Waals surface area contributed by atoms with E-state index < -0.39 is 28.5 Å². The van der Waals surface area contributed by atoms with Crippen molar-refractivity contribution in [3.63, 3.8) is 0 Å². The average Bonchev–Trinajstić information content (AvgIpc) is 2.91. The van der Waals surface area contributed by atoms with Gasteiger partial charge in [-0.25, -0.2) is 8.42 Å². The first-order valence-corrected chi connectivity index (χ1v) is 12.5. The van der Waals surface area contributed by atoms with Gasteiger partial charge in [0.25, 0.3) is 10.0 Å². The molecule has 3 aromatic carbocycles. The number of nitrogens with zero attached hydrogens (tertiary/aromatic N) is 1. The van der Waals surface area contributed by atoms with Gasteiger partial charge in [-0.15, -0.1) is 0 Å². The minimum absolute atomic E-state index is 0.0560. The van der Waals surface area contributed by atoms with Crippen LogP contribution in [0.5, 0.6) is 23.0 Å². The van der Waals surface area contributed by atoms with E-state index in [2.05, 4.69) is 5.32 Å². The van der Waals surface area contributed by atoms with Crippen molar-refractivity contribution in [3.8, 4) is 23.0 Å². The van der Waals surface area contributed by atoms with Gasteiger partial charge in [-0.05, 0) is 48.9 Å². The lowest BCUT2D eigenvalue weighted by molar-refractivity contribution is -0.120. The number of rotatable bonds is 11. The monoisotopic (exact) mass is 514 g/mol. The molecule has 0 heterocycles. The van der Waals surface area contributed by atoms with Crippen LogP contribution in [0.25, 0.3) is 0 Å². The first kappa shape index (κ1) is 26.7. The van der Waals surface area contributed by atoms with Gasteiger partial charge in [0.1, 0.15) is 6.54 Å². The normalized spacial score (nSPS) is 11.8. The number of methoxy groups -OCH3 is 4. The Kier molecular flexibility index (Phi) is 8.65. The maximum absolute atomic E-state index is 13.6. The van der Waals surface area contributed by atoms with Gasteiger partial charge < -0.3 is 24.3 Å². The number of amides is 1. The van der Waals surface area contributed by atoms with Gasteiger partial charge in [0, 0.05) is 6.07 Å². The van der Waals surface area contributed by atoms with Crippen LogP contribution in [0.4, 0.5) is 5.69 Å². The predicted octanol–water partition coefficient (Wildman–Crippen LogP) is 3.79. The molecule has 0 radical (unpaired) electrons. The van der Waals surface area contributed by atoms with Gasteiger partial charge in [0.2, 0.25) is 5.91 Å². The first-order valence-electron chi connectivity index (χ1n) is 11.1. The summed E-state index contributed by atoms with van der Waals surface area (Å²) in [6.07, 6.45) is 0. The molecule has 1 amide bonds. The minimum Gasteiger partial charge on any atom is -0.493 e. The summed E-state index contributed by atoms with van der Waals surface area (Å²) in [5.41, 5.74) is 1.02. The van der Waals surface area contributed by atoms with Crippen molar-refractivity contribution in [3.05, 3.63) is 72.3 Å². The molecule has 192 valence electrons. The number of benzene rings is 3. The highest BCUT2D eigenvalue weighted by Gasteiger charge is 2.28. The summed E-state index contributed by atoms with van der Waals surface area (Å²) < 4.78 is 49.4. The number of sulfonamides is 1. The van der Waals surface area contributed by atoms with E-state index in [1.165, 1.54) is 39.5 Å². The first-order chi connectivity index (χ1) is 17.2. The molecule has 0 aliphatic carbocycles. The fourth-order valence-corrected chi connectivity index (χ4v) is 5.07. The standard InChI is InChI=1S/C26H30N2O7S/c1-18(19-11-13-22(32-2)24(15-19)34-4)27-26(29)17-28(36(30,31)21-9-7-6-8-10-21)20-12-14-23(33-3)25(16-20)35-5/h6-16,18H,17H2,1-5H3,(H,27,29). The number of carbonyl (C=O) groups is 1. The zero-order chi connectivity index (χ0) is 26.3. The van der Waals surface area contributed by atoms with Crippen LogP contribution in [-0.4, -0.2) is 49.3 Å². The summed E-state index contributed by atoms with van der Waals surface area (Å²) in [5.74, 6) is 1.36. The number of carbonyl (C=O) groups excluding carboxylic acids is 1. The van der Waals surface area contributed by atoms with Crippen molar-refractivity contribution in [2.24, 2.45) is 0 Å². The van der Waals surface area contributed by atoms with Crippen LogP contribution in [0.3, 0.4) is 0 Å². The molecule has 3 aromatic rings. The smallest absolute Gasteiger partial charge is 0.264 e. The van der Waals surface area contributed by atoms with E-state index in [-0.39, 0.29) is 10.6 Å². The summed E-state index contributed by atoms with van der Waals surface area (Å²) in [5, 5.41) is 2.86. The third kappa shape index (κ3) is 5.83. The molecule has 0 aliphatic rings. The van der Waals surface area contributed by atoms with Gasteiger partial charge >= 0.3 is 0 Å². The molecule has 36 heavy (non-hydrogen) atoms. The van der Waals surface area contributed by atoms with Gasteiger partial charge in [0.05, 0.1) is 45.1 Å². The molecular formula is C26H30N2O7S. The highest BCUT2D eigenvalue weighted by Crippen LogP contribution is 2.34. The van der Waals surface area contributed by atoms with E-state index >= 15 is 0 Å². The third-order valence-corrected chi connectivity index (χ3v) is 7.35. The van der Waals surface area contributed by atoms with Crippen LogP contribution in [0.1, 0.15) is 18.5 Å². The molecule has 0 saturated carbocycles. The lowest BCUT2D eigenvalue weighted by Crippen LogP contribution is -2.41. The zero-order valence-corrected chi connectivity index (χ0v) is 21.7. The third-order valence-electron chi connectivity index (χ3n) is 5.56. The van der Waals surface area contributed by atoms with Crippen molar-refractivity contribution < 1.29 is 32.2 Å². The van der Waals surface area contributed by atoms with Crippen molar-refractivity contribution >= 4 is 21.6 Å². The molecule has 0 saturated heterocycles. The predicted molar refractivity (Wildman–Crippen MR) is 137 cm³/mol. The van der Waals surface area contributed by atoms with Crippen LogP contribution < -0.4 is 28.6 Å². The molecule has 1 N–H and O–H groups in total. The second-order valence-electron chi connectivity index (χ2n) is 7.77. The maximum Gasteiger partial charge on any atom is 0.264 e. The Bertz CT molecular complexity index is 1300. The molecule has 0 aliphatic heterocycles. The highest BCUT2D eigenvalue weighted by molar-refractivity contribution is 7.92. The molecule has 9 nitrogen and oxygen atoms in total. The molecule has 0 fully saturated rings. The lowest BCUT2D eigenvalue weighted by atomic mass is 10.1. The van der Waals surface area contributed by atoms with E-state index in [0.29, 0.717) is 23.0 Å². The SMILES string of the molecule is COc1ccc(C(C)NC(=O)CN(c2ccc(OC)c(OC)c2)S(=O)(=O)c2ccccc2)cc1OC. The minimum atomic E-state index is -4.07. The number of ether oxygens (including phenoxy) is 4. The summed E-state index contributed by atoms with van der Waals surface area (Å²) in [6, 6.07) is 17.5. The van der Waals surface area contributed by atoms with Crippen molar-refractivity contribution in [2.45, 2.75) is 17.9 Å². The topological polar surface area (TPSA) is 103 Å². The molecular weight excluding hydrogens is 484 g/mol. The highest BCUT2D eigenvalue weighted by atomic mass is 32.2. The van der Waals surface area contributed by atoms with Crippen LogP contribution in [0, 0.1) is 0 Å². The van der Waals surface area contributed by atoms with E-state index in [9.17, 15) is 13.2 Å². The average molecular weight is 515 g/mol. The van der Waals surface area contributed by atoms with E-state index in [0.717, 1.165) is 9.87 Å². The van der Waals surface area contributed by atoms with E-state index in [4.69, 9.17) is 18.9 Å². The molecule has 1 atom stereocenters. The largest absolute Gasteiger partial charge is 0.493 e. The van der Waals surface area contributed by atoms with Crippen molar-refractivity contribution in [1.29, 1.82) is 0 Å². The molecule has 10 heteroatoms. The molecule has 3 rings (SSSR count). The summed E-state index contributed by atoms with van der Waals surface area (Å²) >= 11 is 0. The van der Waals surface area contributed by atoms with Crippen LogP contribution in [0.15, 0.2) is 71.6 Å². The van der Waals surface area contributed by atoms with E-state index in [1.54, 1.807) is 62.6 Å².